The molecule has 17 heavy (non-hydrogen) atoms. The molecule has 0 aromatic carbocycles. The zero-order chi connectivity index (χ0) is 13.4. The fourth-order valence-corrected chi connectivity index (χ4v) is 1.06. The molecule has 98 valence electrons. The number of nitrogens with one attached hydrogen (secondary N) is 2. The van der Waals surface area contributed by atoms with Gasteiger partial charge in [0, 0.05) is 6.04 Å². The van der Waals surface area contributed by atoms with Gasteiger partial charge in [-0.3, -0.25) is 9.59 Å². The molecule has 0 aliphatic carbocycles. The molecular formula is C10H19N3O4. The van der Waals surface area contributed by atoms with E-state index in [1.165, 1.54) is 0 Å². The molecule has 2 amide bonds. The van der Waals surface area contributed by atoms with E-state index in [-0.39, 0.29) is 12.6 Å². The molecule has 0 aromatic rings. The highest BCUT2D eigenvalue weighted by Crippen LogP contribution is 1.92. The average Bonchev–Trinajstić information content (AvgIpc) is 2.24. The van der Waals surface area contributed by atoms with Crippen LogP contribution in [0.4, 0.5) is 0 Å². The van der Waals surface area contributed by atoms with Crippen molar-refractivity contribution in [2.24, 2.45) is 5.73 Å². The molecule has 0 spiro atoms. The third-order valence-electron chi connectivity index (χ3n) is 2.26. The lowest BCUT2D eigenvalue weighted by atomic mass is 10.2. The minimum Gasteiger partial charge on any atom is -0.480 e. The number of primary amides is 1. The first-order valence-corrected chi connectivity index (χ1v) is 5.40. The number of hydrogen-bond donors (Lipinski definition) is 4. The zero-order valence-corrected chi connectivity index (χ0v) is 10.0. The van der Waals surface area contributed by atoms with Crippen LogP contribution in [-0.2, 0) is 14.4 Å². The molecule has 0 aliphatic heterocycles. The topological polar surface area (TPSA) is 122 Å². The fourth-order valence-electron chi connectivity index (χ4n) is 1.06. The molecule has 7 nitrogen and oxygen atoms in total. The number of carbonyl (C=O) groups excluding carboxylic acids is 2. The van der Waals surface area contributed by atoms with Crippen LogP contribution in [0.5, 0.6) is 0 Å². The number of nitrogens with two attached hydrogens (primary N) is 1. The highest BCUT2D eigenvalue weighted by atomic mass is 16.4. The van der Waals surface area contributed by atoms with E-state index in [0.29, 0.717) is 0 Å². The Morgan fingerprint density at radius 1 is 1.35 bits per heavy atom. The number of amides is 2. The third-order valence-corrected chi connectivity index (χ3v) is 2.26. The molecule has 0 heterocycles. The van der Waals surface area contributed by atoms with Gasteiger partial charge in [-0.2, -0.15) is 0 Å². The molecule has 2 atom stereocenters. The lowest BCUT2D eigenvalue weighted by molar-refractivity contribution is -0.143. The molecule has 1 unspecified atom stereocenters. The van der Waals surface area contributed by atoms with E-state index in [1.54, 1.807) is 0 Å². The average molecular weight is 245 g/mol. The lowest BCUT2D eigenvalue weighted by Gasteiger charge is -2.15. The first kappa shape index (κ1) is 15.4. The molecule has 0 rings (SSSR count). The van der Waals surface area contributed by atoms with E-state index < -0.39 is 30.2 Å². The van der Waals surface area contributed by atoms with Crippen LogP contribution in [0.15, 0.2) is 0 Å². The van der Waals surface area contributed by atoms with Gasteiger partial charge in [0.1, 0.15) is 6.04 Å². The largest absolute Gasteiger partial charge is 0.480 e. The fraction of sp³-hybridized carbons (Fsp3) is 0.700. The molecule has 0 aliphatic rings. The molecule has 0 bridgehead atoms. The van der Waals surface area contributed by atoms with Crippen molar-refractivity contribution in [2.75, 3.05) is 6.54 Å². The first-order chi connectivity index (χ1) is 7.86. The van der Waals surface area contributed by atoms with Gasteiger partial charge in [-0.15, -0.1) is 0 Å². The summed E-state index contributed by atoms with van der Waals surface area (Å²) in [5, 5.41) is 13.9. The molecule has 0 saturated carbocycles. The molecule has 0 radical (unpaired) electrons. The van der Waals surface area contributed by atoms with E-state index in [2.05, 4.69) is 10.6 Å². The number of rotatable bonds is 8. The van der Waals surface area contributed by atoms with Gasteiger partial charge in [-0.1, -0.05) is 6.92 Å². The van der Waals surface area contributed by atoms with Gasteiger partial charge in [0.15, 0.2) is 0 Å². The molecule has 7 heteroatoms. The molecular weight excluding hydrogens is 226 g/mol. The van der Waals surface area contributed by atoms with Gasteiger partial charge >= 0.3 is 5.97 Å². The summed E-state index contributed by atoms with van der Waals surface area (Å²) in [5.74, 6) is -2.52. The van der Waals surface area contributed by atoms with Crippen molar-refractivity contribution >= 4 is 17.8 Å². The monoisotopic (exact) mass is 245 g/mol. The van der Waals surface area contributed by atoms with Gasteiger partial charge in [-0.05, 0) is 13.3 Å². The quantitative estimate of drug-likeness (QED) is 0.429. The van der Waals surface area contributed by atoms with Crippen LogP contribution in [0.3, 0.4) is 0 Å². The maximum Gasteiger partial charge on any atom is 0.326 e. The van der Waals surface area contributed by atoms with Crippen molar-refractivity contribution in [1.82, 2.24) is 10.6 Å². The second kappa shape index (κ2) is 7.61. The smallest absolute Gasteiger partial charge is 0.326 e. The summed E-state index contributed by atoms with van der Waals surface area (Å²) in [6.45, 7) is 3.88. The lowest BCUT2D eigenvalue weighted by Crippen LogP contribution is -2.47. The normalized spacial score (nSPS) is 13.8. The van der Waals surface area contributed by atoms with Crippen LogP contribution in [0.25, 0.3) is 0 Å². The maximum absolute atomic E-state index is 11.4. The van der Waals surface area contributed by atoms with E-state index >= 15 is 0 Å². The molecule has 5 N–H and O–H groups in total. The van der Waals surface area contributed by atoms with Crippen LogP contribution in [0.2, 0.25) is 0 Å². The van der Waals surface area contributed by atoms with Crippen molar-refractivity contribution in [2.45, 2.75) is 38.8 Å². The number of carboxylic acids is 1. The van der Waals surface area contributed by atoms with Crippen molar-refractivity contribution in [1.29, 1.82) is 0 Å². The Hall–Kier alpha value is -1.63. The molecule has 0 fully saturated rings. The zero-order valence-electron chi connectivity index (χ0n) is 10.0. The van der Waals surface area contributed by atoms with Crippen molar-refractivity contribution in [3.05, 3.63) is 0 Å². The van der Waals surface area contributed by atoms with Gasteiger partial charge in [0.25, 0.3) is 0 Å². The number of carbonyl (C=O) groups is 3. The Morgan fingerprint density at radius 3 is 2.35 bits per heavy atom. The van der Waals surface area contributed by atoms with Crippen LogP contribution >= 0.6 is 0 Å². The van der Waals surface area contributed by atoms with Crippen LogP contribution in [0, 0.1) is 0 Å². The highest BCUT2D eigenvalue weighted by molar-refractivity contribution is 5.88. The van der Waals surface area contributed by atoms with Crippen LogP contribution in [0.1, 0.15) is 26.7 Å². The molecule has 0 aromatic heterocycles. The Balaban J connectivity index is 4.13. The Bertz CT molecular complexity index is 293. The Kier molecular flexibility index (Phi) is 6.88. The van der Waals surface area contributed by atoms with E-state index in [4.69, 9.17) is 10.8 Å². The second-order valence-electron chi connectivity index (χ2n) is 3.82. The van der Waals surface area contributed by atoms with Crippen molar-refractivity contribution in [3.63, 3.8) is 0 Å². The Morgan fingerprint density at radius 2 is 1.94 bits per heavy atom. The summed E-state index contributed by atoms with van der Waals surface area (Å²) in [6, 6.07) is -1.10. The predicted octanol–water partition coefficient (Wildman–Crippen LogP) is -1.18. The number of hydrogen-bond acceptors (Lipinski definition) is 4. The van der Waals surface area contributed by atoms with E-state index in [1.807, 2.05) is 13.8 Å². The number of aliphatic carboxylic acids is 1. The SMILES string of the molecule is CCC(C)NCC(=O)N[C@@H](CC(N)=O)C(=O)O. The van der Waals surface area contributed by atoms with Crippen LogP contribution in [-0.4, -0.2) is 41.5 Å². The van der Waals surface area contributed by atoms with E-state index in [0.717, 1.165) is 6.42 Å². The van der Waals surface area contributed by atoms with Gasteiger partial charge < -0.3 is 21.5 Å². The van der Waals surface area contributed by atoms with E-state index in [9.17, 15) is 14.4 Å². The summed E-state index contributed by atoms with van der Waals surface area (Å²) in [7, 11) is 0. The summed E-state index contributed by atoms with van der Waals surface area (Å²) in [4.78, 5) is 32.7. The Labute approximate surface area is 99.7 Å². The minimum atomic E-state index is -1.28. The summed E-state index contributed by atoms with van der Waals surface area (Å²) >= 11 is 0. The maximum atomic E-state index is 11.4. The van der Waals surface area contributed by atoms with Crippen LogP contribution < -0.4 is 16.4 Å². The van der Waals surface area contributed by atoms with Gasteiger partial charge in [-0.25, -0.2) is 4.79 Å². The molecule has 0 saturated heterocycles. The highest BCUT2D eigenvalue weighted by Gasteiger charge is 2.21. The van der Waals surface area contributed by atoms with Crippen molar-refractivity contribution in [3.8, 4) is 0 Å². The van der Waals surface area contributed by atoms with Crippen molar-refractivity contribution < 1.29 is 19.5 Å². The predicted molar refractivity (Wildman–Crippen MR) is 61.1 cm³/mol. The minimum absolute atomic E-state index is 0.0115. The second-order valence-corrected chi connectivity index (χ2v) is 3.82. The standard InChI is InChI=1S/C10H19N3O4/c1-3-6(2)12-5-9(15)13-7(10(16)17)4-8(11)14/h6-7,12H,3-5H2,1-2H3,(H2,11,14)(H,13,15)(H,16,17)/t6?,7-/m0/s1. The summed E-state index contributed by atoms with van der Waals surface area (Å²) < 4.78 is 0. The van der Waals surface area contributed by atoms with Gasteiger partial charge in [0.2, 0.25) is 11.8 Å². The summed E-state index contributed by atoms with van der Waals surface area (Å²) in [6.07, 6.45) is 0.446. The first-order valence-electron chi connectivity index (χ1n) is 5.40. The third kappa shape index (κ3) is 7.29. The summed E-state index contributed by atoms with van der Waals surface area (Å²) in [5.41, 5.74) is 4.88. The van der Waals surface area contributed by atoms with Gasteiger partial charge in [0.05, 0.1) is 13.0 Å². The number of carboxylic acid groups (broad SMARTS) is 1.